The normalized spacial score (nSPS) is 18.8. The first-order valence-corrected chi connectivity index (χ1v) is 8.64. The highest BCUT2D eigenvalue weighted by Crippen LogP contribution is 2.43. The van der Waals surface area contributed by atoms with Crippen LogP contribution in [0.1, 0.15) is 29.4 Å². The van der Waals surface area contributed by atoms with Crippen LogP contribution in [0.2, 0.25) is 0 Å². The third kappa shape index (κ3) is 2.95. The minimum absolute atomic E-state index is 0.208. The van der Waals surface area contributed by atoms with Crippen LogP contribution in [-0.4, -0.2) is 17.5 Å². The van der Waals surface area contributed by atoms with E-state index in [1.807, 2.05) is 23.9 Å². The van der Waals surface area contributed by atoms with Crippen LogP contribution in [0.15, 0.2) is 57.9 Å². The molecule has 0 spiro atoms. The first-order valence-electron chi connectivity index (χ1n) is 6.86. The van der Waals surface area contributed by atoms with Gasteiger partial charge in [0.05, 0.1) is 0 Å². The molecule has 2 aromatic rings. The molecule has 1 heterocycles. The number of rotatable bonds is 4. The Hall–Kier alpha value is -0.770. The summed E-state index contributed by atoms with van der Waals surface area (Å²) in [6.07, 6.45) is 1.01. The van der Waals surface area contributed by atoms with Gasteiger partial charge in [-0.05, 0) is 41.7 Å². The number of halogens is 1. The molecule has 3 rings (SSSR count). The van der Waals surface area contributed by atoms with Crippen molar-refractivity contribution in [3.8, 4) is 0 Å². The maximum atomic E-state index is 9.76. The summed E-state index contributed by atoms with van der Waals surface area (Å²) in [6.45, 7) is 0.208. The minimum atomic E-state index is 0.208. The standard InChI is InChI=1S/C17H17BrOS/c18-15-5-3-4-12(9-15)13(10-19)8-14-11-20-17-7-2-1-6-16(14)17/h1-7,9,13-14,19H,8,10-11H2. The van der Waals surface area contributed by atoms with Gasteiger partial charge >= 0.3 is 0 Å². The van der Waals surface area contributed by atoms with Crippen molar-refractivity contribution in [2.75, 3.05) is 12.4 Å². The Kier molecular flexibility index (Phi) is 4.49. The summed E-state index contributed by atoms with van der Waals surface area (Å²) in [7, 11) is 0. The fourth-order valence-corrected chi connectivity index (χ4v) is 4.53. The number of benzene rings is 2. The van der Waals surface area contributed by atoms with Gasteiger partial charge in [-0.15, -0.1) is 11.8 Å². The van der Waals surface area contributed by atoms with E-state index in [1.54, 1.807) is 0 Å². The zero-order valence-electron chi connectivity index (χ0n) is 11.1. The summed E-state index contributed by atoms with van der Waals surface area (Å²) in [5, 5.41) is 9.76. The number of thioether (sulfide) groups is 1. The second kappa shape index (κ2) is 6.33. The summed E-state index contributed by atoms with van der Waals surface area (Å²) in [5.41, 5.74) is 2.67. The second-order valence-corrected chi connectivity index (χ2v) is 7.19. The number of hydrogen-bond donors (Lipinski definition) is 1. The highest BCUT2D eigenvalue weighted by molar-refractivity contribution is 9.10. The van der Waals surface area contributed by atoms with Gasteiger partial charge < -0.3 is 5.11 Å². The monoisotopic (exact) mass is 348 g/mol. The molecule has 0 radical (unpaired) electrons. The summed E-state index contributed by atoms with van der Waals surface area (Å²) < 4.78 is 1.08. The van der Waals surface area contributed by atoms with Crippen LogP contribution in [0.5, 0.6) is 0 Å². The van der Waals surface area contributed by atoms with Crippen LogP contribution < -0.4 is 0 Å². The van der Waals surface area contributed by atoms with E-state index in [9.17, 15) is 5.11 Å². The van der Waals surface area contributed by atoms with Crippen LogP contribution in [0, 0.1) is 0 Å². The molecule has 0 saturated carbocycles. The number of hydrogen-bond acceptors (Lipinski definition) is 2. The molecule has 1 nitrogen and oxygen atoms in total. The van der Waals surface area contributed by atoms with Gasteiger partial charge in [0, 0.05) is 27.6 Å². The Morgan fingerprint density at radius 2 is 2.05 bits per heavy atom. The quantitative estimate of drug-likeness (QED) is 0.855. The van der Waals surface area contributed by atoms with E-state index in [4.69, 9.17) is 0 Å². The Morgan fingerprint density at radius 3 is 2.85 bits per heavy atom. The van der Waals surface area contributed by atoms with E-state index in [1.165, 1.54) is 16.0 Å². The van der Waals surface area contributed by atoms with E-state index >= 15 is 0 Å². The van der Waals surface area contributed by atoms with Gasteiger partial charge in [0.1, 0.15) is 0 Å². The highest BCUT2D eigenvalue weighted by atomic mass is 79.9. The average Bonchev–Trinajstić information content (AvgIpc) is 2.88. The number of fused-ring (bicyclic) bond motifs is 1. The van der Waals surface area contributed by atoms with Gasteiger partial charge in [-0.2, -0.15) is 0 Å². The predicted molar refractivity (Wildman–Crippen MR) is 88.5 cm³/mol. The van der Waals surface area contributed by atoms with Gasteiger partial charge in [-0.1, -0.05) is 46.3 Å². The summed E-state index contributed by atoms with van der Waals surface area (Å²) >= 11 is 5.45. The van der Waals surface area contributed by atoms with Gasteiger partial charge in [-0.25, -0.2) is 0 Å². The molecule has 1 N–H and O–H groups in total. The lowest BCUT2D eigenvalue weighted by molar-refractivity contribution is 0.255. The van der Waals surface area contributed by atoms with Gasteiger partial charge in [0.2, 0.25) is 0 Å². The molecule has 0 aromatic heterocycles. The van der Waals surface area contributed by atoms with E-state index in [-0.39, 0.29) is 12.5 Å². The second-order valence-electron chi connectivity index (χ2n) is 5.22. The third-order valence-corrected chi connectivity index (χ3v) is 5.65. The highest BCUT2D eigenvalue weighted by Gasteiger charge is 2.26. The van der Waals surface area contributed by atoms with E-state index in [0.717, 1.165) is 16.6 Å². The van der Waals surface area contributed by atoms with Crippen molar-refractivity contribution >= 4 is 27.7 Å². The first-order chi connectivity index (χ1) is 9.78. The summed E-state index contributed by atoms with van der Waals surface area (Å²) in [4.78, 5) is 1.41. The topological polar surface area (TPSA) is 20.2 Å². The molecule has 1 aliphatic rings. The largest absolute Gasteiger partial charge is 0.396 e. The van der Waals surface area contributed by atoms with Crippen molar-refractivity contribution in [3.63, 3.8) is 0 Å². The Morgan fingerprint density at radius 1 is 1.20 bits per heavy atom. The van der Waals surface area contributed by atoms with E-state index < -0.39 is 0 Å². The number of aliphatic hydroxyl groups excluding tert-OH is 1. The first kappa shape index (κ1) is 14.2. The molecule has 2 aromatic carbocycles. The fraction of sp³-hybridized carbons (Fsp3) is 0.294. The summed E-state index contributed by atoms with van der Waals surface area (Å²) in [6, 6.07) is 17.0. The summed E-state index contributed by atoms with van der Waals surface area (Å²) in [5.74, 6) is 1.89. The Bertz CT molecular complexity index is 599. The molecule has 2 unspecified atom stereocenters. The lowest BCUT2D eigenvalue weighted by Crippen LogP contribution is -2.10. The average molecular weight is 349 g/mol. The molecule has 2 atom stereocenters. The molecule has 0 bridgehead atoms. The molecule has 104 valence electrons. The molecule has 0 fully saturated rings. The van der Waals surface area contributed by atoms with Crippen molar-refractivity contribution in [1.29, 1.82) is 0 Å². The van der Waals surface area contributed by atoms with Crippen molar-refractivity contribution in [2.24, 2.45) is 0 Å². The molecule has 0 saturated heterocycles. The molecular formula is C17H17BrOS. The molecule has 0 aliphatic carbocycles. The lowest BCUT2D eigenvalue weighted by Gasteiger charge is -2.19. The Labute approximate surface area is 132 Å². The van der Waals surface area contributed by atoms with Crippen molar-refractivity contribution in [3.05, 3.63) is 64.1 Å². The Balaban J connectivity index is 1.80. The van der Waals surface area contributed by atoms with Gasteiger partial charge in [-0.3, -0.25) is 0 Å². The molecule has 0 amide bonds. The molecule has 20 heavy (non-hydrogen) atoms. The minimum Gasteiger partial charge on any atom is -0.396 e. The van der Waals surface area contributed by atoms with E-state index in [0.29, 0.717) is 5.92 Å². The van der Waals surface area contributed by atoms with E-state index in [2.05, 4.69) is 52.3 Å². The van der Waals surface area contributed by atoms with Crippen molar-refractivity contribution < 1.29 is 5.11 Å². The van der Waals surface area contributed by atoms with Crippen LogP contribution in [0.4, 0.5) is 0 Å². The van der Waals surface area contributed by atoms with Crippen LogP contribution >= 0.6 is 27.7 Å². The molecule has 1 aliphatic heterocycles. The van der Waals surface area contributed by atoms with Crippen LogP contribution in [0.25, 0.3) is 0 Å². The maximum absolute atomic E-state index is 9.76. The zero-order valence-corrected chi connectivity index (χ0v) is 13.5. The van der Waals surface area contributed by atoms with Gasteiger partial charge in [0.25, 0.3) is 0 Å². The van der Waals surface area contributed by atoms with Crippen LogP contribution in [0.3, 0.4) is 0 Å². The molecular weight excluding hydrogens is 332 g/mol. The SMILES string of the molecule is OCC(CC1CSc2ccccc21)c1cccc(Br)c1. The number of aliphatic hydroxyl groups is 1. The van der Waals surface area contributed by atoms with Crippen molar-refractivity contribution in [1.82, 2.24) is 0 Å². The third-order valence-electron chi connectivity index (χ3n) is 3.91. The zero-order chi connectivity index (χ0) is 13.9. The fourth-order valence-electron chi connectivity index (χ4n) is 2.84. The maximum Gasteiger partial charge on any atom is 0.0499 e. The lowest BCUT2D eigenvalue weighted by atomic mass is 9.86. The van der Waals surface area contributed by atoms with Gasteiger partial charge in [0.15, 0.2) is 0 Å². The molecule has 3 heteroatoms. The smallest absolute Gasteiger partial charge is 0.0499 e. The van der Waals surface area contributed by atoms with Crippen LogP contribution in [-0.2, 0) is 0 Å². The predicted octanol–water partition coefficient (Wildman–Crippen LogP) is 4.80. The van der Waals surface area contributed by atoms with Crippen molar-refractivity contribution in [2.45, 2.75) is 23.2 Å².